The van der Waals surface area contributed by atoms with E-state index in [0.717, 1.165) is 10.0 Å². The van der Waals surface area contributed by atoms with E-state index in [1.54, 1.807) is 31.3 Å². The Morgan fingerprint density at radius 2 is 1.90 bits per heavy atom. The number of nitro benzene ring substituents is 1. The number of halogens is 2. The molecule has 2 N–H and O–H groups in total. The van der Waals surface area contributed by atoms with Gasteiger partial charge < -0.3 is 10.6 Å². The molecule has 2 aromatic carbocycles. The highest BCUT2D eigenvalue weighted by molar-refractivity contribution is 9.10. The molecule has 0 aromatic heterocycles. The first-order valence-electron chi connectivity index (χ1n) is 6.12. The standard InChI is InChI=1S/C14H13BrClN3O2/c1-8-6-9(15)13(7-10(8)16)18-12-5-3-4-11(17-2)14(12)19(20)21/h3-7,17-18H,1-2H3. The molecule has 0 radical (unpaired) electrons. The summed E-state index contributed by atoms with van der Waals surface area (Å²) in [6.07, 6.45) is 0. The molecule has 2 aromatic rings. The molecule has 0 amide bonds. The van der Waals surface area contributed by atoms with Crippen molar-refractivity contribution in [3.05, 3.63) is 55.5 Å². The molecule has 0 saturated heterocycles. The van der Waals surface area contributed by atoms with Gasteiger partial charge in [0.05, 0.1) is 10.6 Å². The summed E-state index contributed by atoms with van der Waals surface area (Å²) in [6, 6.07) is 8.64. The van der Waals surface area contributed by atoms with Crippen LogP contribution < -0.4 is 10.6 Å². The average Bonchev–Trinajstić information content (AvgIpc) is 2.44. The molecule has 0 saturated carbocycles. The number of nitrogens with zero attached hydrogens (tertiary/aromatic N) is 1. The fraction of sp³-hybridized carbons (Fsp3) is 0.143. The molecule has 0 aliphatic rings. The highest BCUT2D eigenvalue weighted by atomic mass is 79.9. The van der Waals surface area contributed by atoms with Crippen LogP contribution >= 0.6 is 27.5 Å². The van der Waals surface area contributed by atoms with Crippen molar-refractivity contribution >= 4 is 50.3 Å². The third-order valence-electron chi connectivity index (χ3n) is 3.01. The normalized spacial score (nSPS) is 10.3. The lowest BCUT2D eigenvalue weighted by atomic mass is 10.2. The highest BCUT2D eigenvalue weighted by Crippen LogP contribution is 2.37. The van der Waals surface area contributed by atoms with Crippen LogP contribution in [0.15, 0.2) is 34.8 Å². The van der Waals surface area contributed by atoms with E-state index >= 15 is 0 Å². The van der Waals surface area contributed by atoms with Gasteiger partial charge in [0, 0.05) is 16.5 Å². The van der Waals surface area contributed by atoms with Gasteiger partial charge in [-0.25, -0.2) is 0 Å². The zero-order chi connectivity index (χ0) is 15.6. The Morgan fingerprint density at radius 1 is 1.24 bits per heavy atom. The zero-order valence-corrected chi connectivity index (χ0v) is 13.7. The number of para-hydroxylation sites is 1. The first-order valence-corrected chi connectivity index (χ1v) is 7.29. The Labute approximate surface area is 135 Å². The Bertz CT molecular complexity index is 707. The Morgan fingerprint density at radius 3 is 2.52 bits per heavy atom. The molecule has 0 bridgehead atoms. The summed E-state index contributed by atoms with van der Waals surface area (Å²) in [5.41, 5.74) is 2.42. The van der Waals surface area contributed by atoms with E-state index in [-0.39, 0.29) is 5.69 Å². The summed E-state index contributed by atoms with van der Waals surface area (Å²) in [5, 5.41) is 17.7. The molecular weight excluding hydrogens is 358 g/mol. The summed E-state index contributed by atoms with van der Waals surface area (Å²) in [4.78, 5) is 10.9. The summed E-state index contributed by atoms with van der Waals surface area (Å²) in [7, 11) is 1.64. The lowest BCUT2D eigenvalue weighted by Gasteiger charge is -2.12. The van der Waals surface area contributed by atoms with Crippen molar-refractivity contribution in [2.45, 2.75) is 6.92 Å². The topological polar surface area (TPSA) is 67.2 Å². The van der Waals surface area contributed by atoms with Gasteiger partial charge in [-0.15, -0.1) is 0 Å². The minimum atomic E-state index is -0.419. The Hall–Kier alpha value is -1.79. The molecule has 110 valence electrons. The smallest absolute Gasteiger partial charge is 0.315 e. The van der Waals surface area contributed by atoms with E-state index in [2.05, 4.69) is 26.6 Å². The van der Waals surface area contributed by atoms with Crippen LogP contribution in [-0.4, -0.2) is 12.0 Å². The molecule has 5 nitrogen and oxygen atoms in total. The van der Waals surface area contributed by atoms with Gasteiger partial charge in [-0.1, -0.05) is 17.7 Å². The maximum absolute atomic E-state index is 11.3. The van der Waals surface area contributed by atoms with Crippen molar-refractivity contribution in [2.75, 3.05) is 17.7 Å². The summed E-state index contributed by atoms with van der Waals surface area (Å²) >= 11 is 9.54. The van der Waals surface area contributed by atoms with Gasteiger partial charge in [-0.3, -0.25) is 10.1 Å². The van der Waals surface area contributed by atoms with Crippen molar-refractivity contribution < 1.29 is 4.92 Å². The minimum Gasteiger partial charge on any atom is -0.382 e. The van der Waals surface area contributed by atoms with Gasteiger partial charge in [0.25, 0.3) is 0 Å². The second-order valence-corrected chi connectivity index (χ2v) is 5.68. The number of rotatable bonds is 4. The van der Waals surface area contributed by atoms with Crippen LogP contribution in [0.2, 0.25) is 5.02 Å². The van der Waals surface area contributed by atoms with Gasteiger partial charge in [-0.05, 0) is 52.7 Å². The minimum absolute atomic E-state index is 0.0106. The molecule has 0 heterocycles. The van der Waals surface area contributed by atoms with Crippen LogP contribution in [0.25, 0.3) is 0 Å². The molecule has 0 aliphatic carbocycles. The van der Waals surface area contributed by atoms with E-state index in [4.69, 9.17) is 11.6 Å². The molecule has 0 spiro atoms. The zero-order valence-electron chi connectivity index (χ0n) is 11.4. The van der Waals surface area contributed by atoms with E-state index in [1.807, 2.05) is 13.0 Å². The fourth-order valence-electron chi connectivity index (χ4n) is 1.93. The molecule has 21 heavy (non-hydrogen) atoms. The SMILES string of the molecule is CNc1cccc(Nc2cc(Cl)c(C)cc2Br)c1[N+](=O)[O-]. The maximum Gasteiger partial charge on any atom is 0.315 e. The molecule has 0 fully saturated rings. The van der Waals surface area contributed by atoms with Gasteiger partial charge in [0.1, 0.15) is 11.4 Å². The number of hydrogen-bond acceptors (Lipinski definition) is 4. The van der Waals surface area contributed by atoms with Gasteiger partial charge >= 0.3 is 5.69 Å². The number of anilines is 3. The Kier molecular flexibility index (Phi) is 4.69. The number of nitrogens with one attached hydrogen (secondary N) is 2. The van der Waals surface area contributed by atoms with Crippen molar-refractivity contribution in [3.63, 3.8) is 0 Å². The monoisotopic (exact) mass is 369 g/mol. The van der Waals surface area contributed by atoms with Crippen LogP contribution in [0.4, 0.5) is 22.7 Å². The summed E-state index contributed by atoms with van der Waals surface area (Å²) in [6.45, 7) is 1.89. The van der Waals surface area contributed by atoms with E-state index < -0.39 is 4.92 Å². The van der Waals surface area contributed by atoms with Crippen molar-refractivity contribution in [2.24, 2.45) is 0 Å². The molecule has 0 aliphatic heterocycles. The van der Waals surface area contributed by atoms with Crippen molar-refractivity contribution in [3.8, 4) is 0 Å². The average molecular weight is 371 g/mol. The number of hydrogen-bond donors (Lipinski definition) is 2. The molecular formula is C14H13BrClN3O2. The van der Waals surface area contributed by atoms with E-state index in [0.29, 0.717) is 22.1 Å². The van der Waals surface area contributed by atoms with Gasteiger partial charge in [0.15, 0.2) is 0 Å². The third kappa shape index (κ3) is 3.28. The van der Waals surface area contributed by atoms with Crippen LogP contribution in [0.1, 0.15) is 5.56 Å². The third-order valence-corrected chi connectivity index (χ3v) is 4.07. The Balaban J connectivity index is 2.49. The fourth-order valence-corrected chi connectivity index (χ4v) is 2.65. The largest absolute Gasteiger partial charge is 0.382 e. The highest BCUT2D eigenvalue weighted by Gasteiger charge is 2.19. The maximum atomic E-state index is 11.3. The molecule has 2 rings (SSSR count). The lowest BCUT2D eigenvalue weighted by Crippen LogP contribution is -2.01. The molecule has 0 atom stereocenters. The van der Waals surface area contributed by atoms with Crippen LogP contribution in [0.3, 0.4) is 0 Å². The van der Waals surface area contributed by atoms with Crippen LogP contribution in [0.5, 0.6) is 0 Å². The van der Waals surface area contributed by atoms with Crippen LogP contribution in [-0.2, 0) is 0 Å². The molecule has 0 unspecified atom stereocenters. The first-order chi connectivity index (χ1) is 9.93. The summed E-state index contributed by atoms with van der Waals surface area (Å²) < 4.78 is 0.786. The van der Waals surface area contributed by atoms with E-state index in [9.17, 15) is 10.1 Å². The van der Waals surface area contributed by atoms with Crippen molar-refractivity contribution in [1.29, 1.82) is 0 Å². The summed E-state index contributed by atoms with van der Waals surface area (Å²) in [5.74, 6) is 0. The predicted molar refractivity (Wildman–Crippen MR) is 89.8 cm³/mol. The van der Waals surface area contributed by atoms with Crippen LogP contribution in [0, 0.1) is 17.0 Å². The second kappa shape index (κ2) is 6.32. The van der Waals surface area contributed by atoms with Gasteiger partial charge in [0.2, 0.25) is 0 Å². The lowest BCUT2D eigenvalue weighted by molar-refractivity contribution is -0.383. The second-order valence-electron chi connectivity index (χ2n) is 4.42. The first kappa shape index (κ1) is 15.6. The van der Waals surface area contributed by atoms with Crippen molar-refractivity contribution in [1.82, 2.24) is 0 Å². The van der Waals surface area contributed by atoms with E-state index in [1.165, 1.54) is 0 Å². The molecule has 7 heteroatoms. The number of aryl methyl sites for hydroxylation is 1. The van der Waals surface area contributed by atoms with Gasteiger partial charge in [-0.2, -0.15) is 0 Å². The number of benzene rings is 2. The quantitative estimate of drug-likeness (QED) is 0.580. The predicted octanol–water partition coefficient (Wildman–Crippen LogP) is 5.10. The number of nitro groups is 1.